The predicted octanol–water partition coefficient (Wildman–Crippen LogP) is 3.57. The number of piperidine rings is 1. The van der Waals surface area contributed by atoms with Crippen molar-refractivity contribution in [2.45, 2.75) is 52.1 Å². The molecule has 3 rings (SSSR count). The van der Waals surface area contributed by atoms with Crippen LogP contribution in [0.15, 0.2) is 18.3 Å². The van der Waals surface area contributed by atoms with Crippen LogP contribution in [0.3, 0.4) is 0 Å². The highest BCUT2D eigenvalue weighted by Gasteiger charge is 2.24. The second-order valence-electron chi connectivity index (χ2n) is 7.29. The summed E-state index contributed by atoms with van der Waals surface area (Å²) in [5.41, 5.74) is 5.21. The van der Waals surface area contributed by atoms with Crippen molar-refractivity contribution in [2.75, 3.05) is 18.6 Å². The molecule has 0 radical (unpaired) electrons. The van der Waals surface area contributed by atoms with Crippen molar-refractivity contribution in [2.24, 2.45) is 0 Å². The molecule has 1 saturated heterocycles. The molecular weight excluding hydrogens is 320 g/mol. The Hall–Kier alpha value is -1.33. The molecule has 1 fully saturated rings. The van der Waals surface area contributed by atoms with E-state index in [1.807, 2.05) is 6.20 Å². The molecule has 1 atom stereocenters. The monoisotopic (exact) mass is 348 g/mol. The van der Waals surface area contributed by atoms with Crippen LogP contribution in [0.4, 0.5) is 0 Å². The van der Waals surface area contributed by atoms with Crippen molar-refractivity contribution in [1.29, 1.82) is 0 Å². The molecule has 2 heterocycles. The summed E-state index contributed by atoms with van der Waals surface area (Å²) < 4.78 is 23.1. The van der Waals surface area contributed by atoms with E-state index in [0.717, 1.165) is 25.9 Å². The molecule has 5 heteroatoms. The maximum absolute atomic E-state index is 11.5. The van der Waals surface area contributed by atoms with Crippen LogP contribution in [-0.2, 0) is 16.4 Å². The minimum atomic E-state index is -2.89. The molecule has 1 aromatic carbocycles. The van der Waals surface area contributed by atoms with Crippen LogP contribution in [0.1, 0.15) is 42.4 Å². The highest BCUT2D eigenvalue weighted by molar-refractivity contribution is 7.90. The average Bonchev–Trinajstić information content (AvgIpc) is 2.99. The second-order valence-corrected chi connectivity index (χ2v) is 9.55. The lowest BCUT2D eigenvalue weighted by Crippen LogP contribution is -2.40. The second kappa shape index (κ2) is 6.89. The molecule has 0 amide bonds. The standard InChI is InChI=1S/C19H28N2O2S/c1-14-12-15(2)19-17(7-9-20-19)18(14)13-21-10-5-4-6-16(21)8-11-24(3,22)23/h7,9,12,16,20H,4-6,8,10-11,13H2,1-3H3. The highest BCUT2D eigenvalue weighted by Crippen LogP contribution is 2.29. The van der Waals surface area contributed by atoms with Crippen molar-refractivity contribution in [1.82, 2.24) is 9.88 Å². The van der Waals surface area contributed by atoms with Gasteiger partial charge in [0.15, 0.2) is 0 Å². The molecule has 1 aliphatic rings. The van der Waals surface area contributed by atoms with Gasteiger partial charge in [0.1, 0.15) is 9.84 Å². The van der Waals surface area contributed by atoms with Crippen LogP contribution in [0.5, 0.6) is 0 Å². The molecule has 1 N–H and O–H groups in total. The van der Waals surface area contributed by atoms with Crippen LogP contribution >= 0.6 is 0 Å². The SMILES string of the molecule is Cc1cc(C)c2[nH]ccc2c1CN1CCCCC1CCS(C)(=O)=O. The third-order valence-corrected chi connectivity index (χ3v) is 6.28. The summed E-state index contributed by atoms with van der Waals surface area (Å²) in [6, 6.07) is 4.80. The Morgan fingerprint density at radius 3 is 2.79 bits per heavy atom. The molecule has 0 aliphatic carbocycles. The number of fused-ring (bicyclic) bond motifs is 1. The molecule has 1 aliphatic heterocycles. The number of benzene rings is 1. The topological polar surface area (TPSA) is 53.2 Å². The third-order valence-electron chi connectivity index (χ3n) is 5.31. The number of H-pyrrole nitrogens is 1. The van der Waals surface area contributed by atoms with E-state index in [-0.39, 0.29) is 0 Å². The first-order valence-corrected chi connectivity index (χ1v) is 10.9. The minimum absolute atomic E-state index is 0.292. The maximum atomic E-state index is 11.5. The first kappa shape index (κ1) is 17.5. The predicted molar refractivity (Wildman–Crippen MR) is 100 cm³/mol. The van der Waals surface area contributed by atoms with Gasteiger partial charge in [-0.2, -0.15) is 0 Å². The van der Waals surface area contributed by atoms with Crippen molar-refractivity contribution in [3.8, 4) is 0 Å². The molecule has 24 heavy (non-hydrogen) atoms. The number of nitrogens with zero attached hydrogens (tertiary/aromatic N) is 1. The van der Waals surface area contributed by atoms with Crippen LogP contribution < -0.4 is 0 Å². The van der Waals surface area contributed by atoms with Crippen molar-refractivity contribution in [3.63, 3.8) is 0 Å². The number of sulfone groups is 1. The zero-order valence-corrected chi connectivity index (χ0v) is 15.7. The van der Waals surface area contributed by atoms with Gasteiger partial charge in [-0.1, -0.05) is 12.5 Å². The van der Waals surface area contributed by atoms with Gasteiger partial charge in [0.2, 0.25) is 0 Å². The molecule has 1 unspecified atom stereocenters. The number of rotatable bonds is 5. The van der Waals surface area contributed by atoms with Crippen molar-refractivity contribution >= 4 is 20.7 Å². The fourth-order valence-electron chi connectivity index (χ4n) is 4.00. The molecule has 2 aromatic rings. The zero-order chi connectivity index (χ0) is 17.3. The molecule has 0 spiro atoms. The number of hydrogen-bond acceptors (Lipinski definition) is 3. The van der Waals surface area contributed by atoms with Gasteiger partial charge in [-0.25, -0.2) is 8.42 Å². The summed E-state index contributed by atoms with van der Waals surface area (Å²) in [5, 5.41) is 1.31. The number of aromatic nitrogens is 1. The fraction of sp³-hybridized carbons (Fsp3) is 0.579. The highest BCUT2D eigenvalue weighted by atomic mass is 32.2. The third kappa shape index (κ3) is 3.83. The van der Waals surface area contributed by atoms with Gasteiger partial charge in [0, 0.05) is 35.9 Å². The van der Waals surface area contributed by atoms with Gasteiger partial charge < -0.3 is 4.98 Å². The van der Waals surface area contributed by atoms with Crippen molar-refractivity contribution < 1.29 is 8.42 Å². The van der Waals surface area contributed by atoms with Gasteiger partial charge in [0.25, 0.3) is 0 Å². The fourth-order valence-corrected chi connectivity index (χ4v) is 4.70. The van der Waals surface area contributed by atoms with Crippen LogP contribution in [0, 0.1) is 13.8 Å². The van der Waals surface area contributed by atoms with Crippen LogP contribution in [0.2, 0.25) is 0 Å². The lowest BCUT2D eigenvalue weighted by molar-refractivity contribution is 0.137. The largest absolute Gasteiger partial charge is 0.361 e. The lowest BCUT2D eigenvalue weighted by atomic mass is 9.96. The number of aromatic amines is 1. The Morgan fingerprint density at radius 2 is 2.04 bits per heavy atom. The maximum Gasteiger partial charge on any atom is 0.147 e. The molecular formula is C19H28N2O2S. The molecule has 0 bridgehead atoms. The van der Waals surface area contributed by atoms with Gasteiger partial charge in [-0.3, -0.25) is 4.90 Å². The summed E-state index contributed by atoms with van der Waals surface area (Å²) in [7, 11) is -2.89. The molecule has 1 aromatic heterocycles. The number of hydrogen-bond donors (Lipinski definition) is 1. The number of likely N-dealkylation sites (tertiary alicyclic amines) is 1. The minimum Gasteiger partial charge on any atom is -0.361 e. The summed E-state index contributed by atoms with van der Waals surface area (Å²) in [5.74, 6) is 0.292. The van der Waals surface area contributed by atoms with Gasteiger partial charge in [-0.05, 0) is 62.4 Å². The quantitative estimate of drug-likeness (QED) is 0.899. The van der Waals surface area contributed by atoms with E-state index in [4.69, 9.17) is 0 Å². The first-order valence-electron chi connectivity index (χ1n) is 8.83. The average molecular weight is 349 g/mol. The Labute approximate surface area is 145 Å². The van der Waals surface area contributed by atoms with E-state index in [0.29, 0.717) is 11.8 Å². The first-order chi connectivity index (χ1) is 11.3. The Balaban J connectivity index is 1.84. The van der Waals surface area contributed by atoms with Gasteiger partial charge in [-0.15, -0.1) is 0 Å². The number of aryl methyl sites for hydroxylation is 2. The van der Waals surface area contributed by atoms with Gasteiger partial charge in [0.05, 0.1) is 5.75 Å². The van der Waals surface area contributed by atoms with Crippen LogP contribution in [-0.4, -0.2) is 42.9 Å². The van der Waals surface area contributed by atoms with Crippen LogP contribution in [0.25, 0.3) is 10.9 Å². The number of nitrogens with one attached hydrogen (secondary N) is 1. The molecule has 4 nitrogen and oxygen atoms in total. The van der Waals surface area contributed by atoms with E-state index < -0.39 is 9.84 Å². The normalized spacial score (nSPS) is 19.9. The summed E-state index contributed by atoms with van der Waals surface area (Å²) in [6.07, 6.45) is 7.62. The van der Waals surface area contributed by atoms with Crippen molar-refractivity contribution in [3.05, 3.63) is 35.0 Å². The van der Waals surface area contributed by atoms with E-state index in [2.05, 4.69) is 35.9 Å². The van der Waals surface area contributed by atoms with E-state index in [1.54, 1.807) is 0 Å². The van der Waals surface area contributed by atoms with E-state index in [1.165, 1.54) is 46.7 Å². The Bertz CT molecular complexity index is 823. The molecule has 0 saturated carbocycles. The molecule has 132 valence electrons. The smallest absolute Gasteiger partial charge is 0.147 e. The Kier molecular flexibility index (Phi) is 5.02. The summed E-state index contributed by atoms with van der Waals surface area (Å²) in [4.78, 5) is 5.85. The summed E-state index contributed by atoms with van der Waals surface area (Å²) in [6.45, 7) is 6.30. The lowest BCUT2D eigenvalue weighted by Gasteiger charge is -2.36. The van der Waals surface area contributed by atoms with E-state index in [9.17, 15) is 8.42 Å². The Morgan fingerprint density at radius 1 is 1.25 bits per heavy atom. The van der Waals surface area contributed by atoms with Gasteiger partial charge >= 0.3 is 0 Å². The summed E-state index contributed by atoms with van der Waals surface area (Å²) >= 11 is 0. The van der Waals surface area contributed by atoms with E-state index >= 15 is 0 Å². The zero-order valence-electron chi connectivity index (χ0n) is 14.9.